The minimum absolute atomic E-state index is 0.112. The highest BCUT2D eigenvalue weighted by Gasteiger charge is 2.21. The molecule has 6 nitrogen and oxygen atoms in total. The van der Waals surface area contributed by atoms with Gasteiger partial charge in [-0.25, -0.2) is 9.97 Å². The van der Waals surface area contributed by atoms with Gasteiger partial charge in [0.2, 0.25) is 0 Å². The van der Waals surface area contributed by atoms with Gasteiger partial charge in [-0.3, -0.25) is 9.36 Å². The van der Waals surface area contributed by atoms with Crippen molar-refractivity contribution in [2.45, 2.75) is 38.7 Å². The van der Waals surface area contributed by atoms with Crippen LogP contribution < -0.4 is 5.32 Å². The third kappa shape index (κ3) is 4.20. The molecule has 2 atom stereocenters. The summed E-state index contributed by atoms with van der Waals surface area (Å²) in [5.41, 5.74) is 0.583. The van der Waals surface area contributed by atoms with Crippen molar-refractivity contribution in [2.75, 3.05) is 13.2 Å². The van der Waals surface area contributed by atoms with E-state index in [2.05, 4.69) is 22.2 Å². The summed E-state index contributed by atoms with van der Waals surface area (Å²) in [7, 11) is 0. The smallest absolute Gasteiger partial charge is 0.251 e. The monoisotopic (exact) mass is 328 g/mol. The van der Waals surface area contributed by atoms with E-state index in [0.717, 1.165) is 6.42 Å². The summed E-state index contributed by atoms with van der Waals surface area (Å²) >= 11 is 0. The first kappa shape index (κ1) is 16.6. The second-order valence-corrected chi connectivity index (χ2v) is 6.30. The lowest BCUT2D eigenvalue weighted by molar-refractivity contribution is -0.00293. The third-order valence-corrected chi connectivity index (χ3v) is 4.53. The van der Waals surface area contributed by atoms with Crippen molar-refractivity contribution in [1.82, 2.24) is 19.9 Å². The molecule has 1 aliphatic rings. The molecular formula is C18H24N4O2. The Balaban J connectivity index is 1.48. The fourth-order valence-electron chi connectivity index (χ4n) is 3.10. The van der Waals surface area contributed by atoms with Gasteiger partial charge < -0.3 is 10.1 Å². The number of nitrogens with zero attached hydrogens (tertiary/aromatic N) is 3. The highest BCUT2D eigenvalue weighted by molar-refractivity contribution is 5.94. The summed E-state index contributed by atoms with van der Waals surface area (Å²) in [5, 5.41) is 2.91. The van der Waals surface area contributed by atoms with Gasteiger partial charge in [-0.05, 0) is 30.9 Å². The SMILES string of the molecule is C[C@@H]1CCCC[C@@H]1OCCNC(=O)c1ccnc(-n2ccnc2)c1. The van der Waals surface area contributed by atoms with E-state index >= 15 is 0 Å². The molecule has 0 unspecified atom stereocenters. The molecule has 0 aliphatic heterocycles. The topological polar surface area (TPSA) is 69.0 Å². The Morgan fingerprint density at radius 1 is 1.38 bits per heavy atom. The molecule has 6 heteroatoms. The molecule has 0 spiro atoms. The number of hydrogen-bond acceptors (Lipinski definition) is 4. The van der Waals surface area contributed by atoms with Crippen LogP contribution in [-0.4, -0.2) is 39.7 Å². The summed E-state index contributed by atoms with van der Waals surface area (Å²) in [4.78, 5) is 20.5. The fourth-order valence-corrected chi connectivity index (χ4v) is 3.10. The van der Waals surface area contributed by atoms with Gasteiger partial charge in [-0.1, -0.05) is 19.8 Å². The maximum Gasteiger partial charge on any atom is 0.251 e. The lowest BCUT2D eigenvalue weighted by Gasteiger charge is -2.28. The zero-order valence-electron chi connectivity index (χ0n) is 14.0. The van der Waals surface area contributed by atoms with Crippen molar-refractivity contribution in [3.8, 4) is 5.82 Å². The van der Waals surface area contributed by atoms with Gasteiger partial charge in [0.1, 0.15) is 12.1 Å². The van der Waals surface area contributed by atoms with E-state index in [1.165, 1.54) is 19.3 Å². The van der Waals surface area contributed by atoms with Gasteiger partial charge in [0.15, 0.2) is 0 Å². The normalized spacial score (nSPS) is 20.7. The van der Waals surface area contributed by atoms with Crippen LogP contribution in [0, 0.1) is 5.92 Å². The van der Waals surface area contributed by atoms with Crippen LogP contribution in [0.5, 0.6) is 0 Å². The van der Waals surface area contributed by atoms with Gasteiger partial charge in [0, 0.05) is 30.7 Å². The molecule has 1 fully saturated rings. The first-order valence-electron chi connectivity index (χ1n) is 8.58. The predicted octanol–water partition coefficient (Wildman–Crippen LogP) is 2.59. The molecule has 0 bridgehead atoms. The molecular weight excluding hydrogens is 304 g/mol. The van der Waals surface area contributed by atoms with Crippen molar-refractivity contribution in [1.29, 1.82) is 0 Å². The summed E-state index contributed by atoms with van der Waals surface area (Å²) in [6, 6.07) is 3.46. The number of carbonyl (C=O) groups is 1. The van der Waals surface area contributed by atoms with E-state index in [4.69, 9.17) is 4.74 Å². The Labute approximate surface area is 142 Å². The molecule has 24 heavy (non-hydrogen) atoms. The maximum atomic E-state index is 12.3. The Kier molecular flexibility index (Phi) is 5.59. The van der Waals surface area contributed by atoms with Crippen molar-refractivity contribution >= 4 is 5.91 Å². The third-order valence-electron chi connectivity index (χ3n) is 4.53. The largest absolute Gasteiger partial charge is 0.376 e. The van der Waals surface area contributed by atoms with Gasteiger partial charge in [0.25, 0.3) is 5.91 Å². The molecule has 2 aromatic heterocycles. The zero-order chi connectivity index (χ0) is 16.8. The van der Waals surface area contributed by atoms with Crippen LogP contribution in [-0.2, 0) is 4.74 Å². The summed E-state index contributed by atoms with van der Waals surface area (Å²) in [6.07, 6.45) is 12.0. The number of imidazole rings is 1. The molecule has 1 aliphatic carbocycles. The second kappa shape index (κ2) is 8.06. The van der Waals surface area contributed by atoms with Crippen LogP contribution in [0.2, 0.25) is 0 Å². The van der Waals surface area contributed by atoms with Gasteiger partial charge in [-0.2, -0.15) is 0 Å². The maximum absolute atomic E-state index is 12.3. The standard InChI is InChI=1S/C18H24N4O2/c1-14-4-2-3-5-16(14)24-11-9-21-18(23)15-6-7-20-17(12-15)22-10-8-19-13-22/h6-8,10,12-14,16H,2-5,9,11H2,1H3,(H,21,23)/t14-,16+/m1/s1. The molecule has 2 aromatic rings. The van der Waals surface area contributed by atoms with E-state index in [1.807, 2.05) is 0 Å². The molecule has 2 heterocycles. The number of carbonyl (C=O) groups excluding carboxylic acids is 1. The molecule has 0 aromatic carbocycles. The van der Waals surface area contributed by atoms with Crippen molar-refractivity contribution in [2.24, 2.45) is 5.92 Å². The van der Waals surface area contributed by atoms with E-state index in [-0.39, 0.29) is 5.91 Å². The quantitative estimate of drug-likeness (QED) is 0.828. The first-order valence-corrected chi connectivity index (χ1v) is 8.58. The zero-order valence-corrected chi connectivity index (χ0v) is 14.0. The van der Waals surface area contributed by atoms with Gasteiger partial charge >= 0.3 is 0 Å². The van der Waals surface area contributed by atoms with Crippen molar-refractivity contribution in [3.63, 3.8) is 0 Å². The number of ether oxygens (including phenoxy) is 1. The summed E-state index contributed by atoms with van der Waals surface area (Å²) in [6.45, 7) is 3.32. The van der Waals surface area contributed by atoms with E-state index in [9.17, 15) is 4.79 Å². The minimum atomic E-state index is -0.112. The molecule has 0 radical (unpaired) electrons. The van der Waals surface area contributed by atoms with Crippen molar-refractivity contribution < 1.29 is 9.53 Å². The number of pyridine rings is 1. The fraction of sp³-hybridized carbons (Fsp3) is 0.500. The molecule has 128 valence electrons. The average Bonchev–Trinajstić information content (AvgIpc) is 3.15. The highest BCUT2D eigenvalue weighted by atomic mass is 16.5. The number of nitrogens with one attached hydrogen (secondary N) is 1. The van der Waals surface area contributed by atoms with E-state index in [1.54, 1.807) is 41.6 Å². The first-order chi connectivity index (χ1) is 11.7. The second-order valence-electron chi connectivity index (χ2n) is 6.30. The number of hydrogen-bond donors (Lipinski definition) is 1. The molecule has 1 N–H and O–H groups in total. The van der Waals surface area contributed by atoms with Crippen molar-refractivity contribution in [3.05, 3.63) is 42.6 Å². The van der Waals surface area contributed by atoms with Gasteiger partial charge in [-0.15, -0.1) is 0 Å². The highest BCUT2D eigenvalue weighted by Crippen LogP contribution is 2.25. The molecule has 3 rings (SSSR count). The minimum Gasteiger partial charge on any atom is -0.376 e. The number of amides is 1. The molecule has 1 amide bonds. The Hall–Kier alpha value is -2.21. The lowest BCUT2D eigenvalue weighted by atomic mass is 9.88. The van der Waals surface area contributed by atoms with Crippen LogP contribution in [0.1, 0.15) is 43.0 Å². The van der Waals surface area contributed by atoms with Gasteiger partial charge in [0.05, 0.1) is 12.7 Å². The Morgan fingerprint density at radius 2 is 2.25 bits per heavy atom. The van der Waals surface area contributed by atoms with E-state index < -0.39 is 0 Å². The summed E-state index contributed by atoms with van der Waals surface area (Å²) in [5.74, 6) is 1.18. The number of rotatable bonds is 6. The summed E-state index contributed by atoms with van der Waals surface area (Å²) < 4.78 is 7.69. The molecule has 0 saturated heterocycles. The van der Waals surface area contributed by atoms with Crippen LogP contribution in [0.15, 0.2) is 37.1 Å². The van der Waals surface area contributed by atoms with Crippen LogP contribution in [0.25, 0.3) is 5.82 Å². The Morgan fingerprint density at radius 3 is 3.04 bits per heavy atom. The average molecular weight is 328 g/mol. The van der Waals surface area contributed by atoms with Crippen LogP contribution in [0.3, 0.4) is 0 Å². The Bertz CT molecular complexity index is 657. The number of aromatic nitrogens is 3. The molecule has 1 saturated carbocycles. The predicted molar refractivity (Wildman–Crippen MR) is 91.1 cm³/mol. The lowest BCUT2D eigenvalue weighted by Crippen LogP contribution is -2.31. The van der Waals surface area contributed by atoms with Crippen LogP contribution in [0.4, 0.5) is 0 Å². The van der Waals surface area contributed by atoms with E-state index in [0.29, 0.717) is 36.6 Å². The van der Waals surface area contributed by atoms with Crippen LogP contribution >= 0.6 is 0 Å².